The Labute approximate surface area is 173 Å². The lowest BCUT2D eigenvalue weighted by Crippen LogP contribution is -2.70. The minimum Gasteiger partial charge on any atom is -0.301 e. The molecule has 0 radical (unpaired) electrons. The van der Waals surface area contributed by atoms with E-state index in [9.17, 15) is 22.0 Å². The fourth-order valence-corrected chi connectivity index (χ4v) is 5.79. The molecule has 0 saturated carbocycles. The lowest BCUT2D eigenvalue weighted by molar-refractivity contribution is -0.127. The summed E-state index contributed by atoms with van der Waals surface area (Å²) in [6.07, 6.45) is 0. The summed E-state index contributed by atoms with van der Waals surface area (Å²) in [6, 6.07) is 16.4. The van der Waals surface area contributed by atoms with E-state index in [4.69, 9.17) is 0 Å². The van der Waals surface area contributed by atoms with Crippen LogP contribution in [-0.2, 0) is 14.6 Å². The second-order valence-electron chi connectivity index (χ2n) is 7.51. The van der Waals surface area contributed by atoms with Gasteiger partial charge in [-0.1, -0.05) is 42.0 Å². The van der Waals surface area contributed by atoms with Crippen LogP contribution in [0.25, 0.3) is 0 Å². The van der Waals surface area contributed by atoms with Crippen molar-refractivity contribution in [3.05, 3.63) is 95.6 Å². The molecular formula is C23H19F2NO3S. The molecule has 0 spiro atoms. The van der Waals surface area contributed by atoms with E-state index in [0.29, 0.717) is 11.3 Å². The van der Waals surface area contributed by atoms with Gasteiger partial charge in [0.2, 0.25) is 0 Å². The van der Waals surface area contributed by atoms with Crippen molar-refractivity contribution in [3.8, 4) is 0 Å². The second kappa shape index (κ2) is 7.02. The third kappa shape index (κ3) is 2.84. The summed E-state index contributed by atoms with van der Waals surface area (Å²) >= 11 is 0. The first-order valence-electron chi connectivity index (χ1n) is 9.33. The molecule has 0 unspecified atom stereocenters. The molecular weight excluding hydrogens is 408 g/mol. The van der Waals surface area contributed by atoms with Gasteiger partial charge in [-0.2, -0.15) is 0 Å². The Kier molecular flexibility index (Phi) is 4.73. The monoisotopic (exact) mass is 427 g/mol. The molecule has 2 atom stereocenters. The molecule has 1 heterocycles. The van der Waals surface area contributed by atoms with E-state index in [1.165, 1.54) is 48.2 Å². The molecule has 0 bridgehead atoms. The number of aryl methyl sites for hydroxylation is 1. The average Bonchev–Trinajstić information content (AvgIpc) is 2.73. The van der Waals surface area contributed by atoms with E-state index in [0.717, 1.165) is 17.7 Å². The highest BCUT2D eigenvalue weighted by Gasteiger charge is 2.67. The number of sulfone groups is 1. The normalized spacial score (nSPS) is 21.4. The SMILES string of the molecule is Cc1ccc(N2C(=O)[C@](C)(S(=O)(=O)c3ccccc3F)[C@@H]2c2ccc(F)cc2)cc1. The standard InChI is InChI=1S/C23H19F2NO3S/c1-15-7-13-18(14-8-15)26-21(16-9-11-17(24)12-10-16)23(2,22(26)27)30(28,29)20-6-4-3-5-19(20)25/h3-14,21H,1-2H3/t21-,23+/m0/s1. The van der Waals surface area contributed by atoms with E-state index in [-0.39, 0.29) is 0 Å². The number of β-lactam (4-membered cyclic amide) rings is 1. The number of anilines is 1. The van der Waals surface area contributed by atoms with Gasteiger partial charge < -0.3 is 4.90 Å². The summed E-state index contributed by atoms with van der Waals surface area (Å²) in [5.41, 5.74) is 1.94. The molecule has 0 N–H and O–H groups in total. The average molecular weight is 427 g/mol. The van der Waals surface area contributed by atoms with Gasteiger partial charge in [-0.3, -0.25) is 4.79 Å². The van der Waals surface area contributed by atoms with Crippen molar-refractivity contribution in [2.75, 3.05) is 4.90 Å². The van der Waals surface area contributed by atoms with Crippen LogP contribution in [0.1, 0.15) is 24.1 Å². The smallest absolute Gasteiger partial charge is 0.251 e. The summed E-state index contributed by atoms with van der Waals surface area (Å²) < 4.78 is 52.9. The van der Waals surface area contributed by atoms with E-state index >= 15 is 0 Å². The number of halogens is 2. The Morgan fingerprint density at radius 1 is 0.900 bits per heavy atom. The van der Waals surface area contributed by atoms with E-state index in [1.54, 1.807) is 12.1 Å². The van der Waals surface area contributed by atoms with Crippen LogP contribution < -0.4 is 4.90 Å². The second-order valence-corrected chi connectivity index (χ2v) is 9.80. The van der Waals surface area contributed by atoms with Gasteiger partial charge >= 0.3 is 0 Å². The number of benzene rings is 3. The van der Waals surface area contributed by atoms with Crippen LogP contribution in [0.2, 0.25) is 0 Å². The first kappa shape index (κ1) is 20.2. The number of amides is 1. The molecule has 1 saturated heterocycles. The maximum absolute atomic E-state index is 14.4. The molecule has 3 aromatic rings. The molecule has 1 aliphatic heterocycles. The zero-order valence-corrected chi connectivity index (χ0v) is 17.2. The number of carbonyl (C=O) groups excluding carboxylic acids is 1. The number of carbonyl (C=O) groups is 1. The maximum atomic E-state index is 14.4. The molecule has 1 aliphatic rings. The summed E-state index contributed by atoms with van der Waals surface area (Å²) in [6.45, 7) is 3.20. The summed E-state index contributed by atoms with van der Waals surface area (Å²) in [4.78, 5) is 14.1. The van der Waals surface area contributed by atoms with E-state index in [2.05, 4.69) is 0 Å². The minimum absolute atomic E-state index is 0.444. The Hall–Kier alpha value is -3.06. The van der Waals surface area contributed by atoms with Gasteiger partial charge in [0.25, 0.3) is 5.91 Å². The van der Waals surface area contributed by atoms with E-state index in [1.807, 2.05) is 19.1 Å². The van der Waals surface area contributed by atoms with Gasteiger partial charge in [0.1, 0.15) is 16.5 Å². The third-order valence-corrected chi connectivity index (χ3v) is 8.03. The van der Waals surface area contributed by atoms with Gasteiger partial charge in [-0.05, 0) is 55.8 Å². The molecule has 3 aromatic carbocycles. The molecule has 154 valence electrons. The first-order valence-corrected chi connectivity index (χ1v) is 10.8. The van der Waals surface area contributed by atoms with Crippen molar-refractivity contribution in [2.24, 2.45) is 0 Å². The molecule has 4 nitrogen and oxygen atoms in total. The van der Waals surface area contributed by atoms with Crippen LogP contribution in [0.4, 0.5) is 14.5 Å². The zero-order chi connectivity index (χ0) is 21.7. The number of nitrogens with zero attached hydrogens (tertiary/aromatic N) is 1. The molecule has 1 fully saturated rings. The third-order valence-electron chi connectivity index (χ3n) is 5.61. The number of hydrogen-bond donors (Lipinski definition) is 0. The molecule has 30 heavy (non-hydrogen) atoms. The summed E-state index contributed by atoms with van der Waals surface area (Å²) in [5, 5.41) is 0. The Bertz CT molecular complexity index is 1220. The Morgan fingerprint density at radius 2 is 1.50 bits per heavy atom. The van der Waals surface area contributed by atoms with Crippen LogP contribution in [-0.4, -0.2) is 19.1 Å². The van der Waals surface area contributed by atoms with Crippen LogP contribution in [0.5, 0.6) is 0 Å². The lowest BCUT2D eigenvalue weighted by Gasteiger charge is -2.53. The lowest BCUT2D eigenvalue weighted by atomic mass is 9.82. The van der Waals surface area contributed by atoms with Crippen molar-refractivity contribution >= 4 is 21.4 Å². The predicted octanol–water partition coefficient (Wildman–Crippen LogP) is 4.59. The molecule has 4 rings (SSSR count). The largest absolute Gasteiger partial charge is 0.301 e. The van der Waals surface area contributed by atoms with Gasteiger partial charge in [-0.25, -0.2) is 17.2 Å². The number of rotatable bonds is 4. The van der Waals surface area contributed by atoms with Crippen LogP contribution in [0, 0.1) is 18.6 Å². The van der Waals surface area contributed by atoms with Crippen LogP contribution in [0.15, 0.2) is 77.7 Å². The van der Waals surface area contributed by atoms with Crippen molar-refractivity contribution in [2.45, 2.75) is 29.5 Å². The van der Waals surface area contributed by atoms with Crippen molar-refractivity contribution in [3.63, 3.8) is 0 Å². The summed E-state index contributed by atoms with van der Waals surface area (Å²) in [5.74, 6) is -2.06. The van der Waals surface area contributed by atoms with Gasteiger partial charge in [0.15, 0.2) is 14.6 Å². The quantitative estimate of drug-likeness (QED) is 0.572. The Balaban J connectivity index is 1.90. The van der Waals surface area contributed by atoms with Gasteiger partial charge in [0, 0.05) is 5.69 Å². The first-order chi connectivity index (χ1) is 14.2. The topological polar surface area (TPSA) is 54.5 Å². The van der Waals surface area contributed by atoms with Crippen LogP contribution >= 0.6 is 0 Å². The van der Waals surface area contributed by atoms with Crippen molar-refractivity contribution in [1.29, 1.82) is 0 Å². The molecule has 0 aliphatic carbocycles. The fraction of sp³-hybridized carbons (Fsp3) is 0.174. The van der Waals surface area contributed by atoms with Gasteiger partial charge in [0.05, 0.1) is 6.04 Å². The highest BCUT2D eigenvalue weighted by Crippen LogP contribution is 2.52. The predicted molar refractivity (Wildman–Crippen MR) is 110 cm³/mol. The number of hydrogen-bond acceptors (Lipinski definition) is 3. The van der Waals surface area contributed by atoms with Crippen LogP contribution in [0.3, 0.4) is 0 Å². The zero-order valence-electron chi connectivity index (χ0n) is 16.3. The highest BCUT2D eigenvalue weighted by atomic mass is 32.2. The van der Waals surface area contributed by atoms with Crippen molar-refractivity contribution < 1.29 is 22.0 Å². The maximum Gasteiger partial charge on any atom is 0.251 e. The molecule has 7 heteroatoms. The minimum atomic E-state index is -4.40. The summed E-state index contributed by atoms with van der Waals surface area (Å²) in [7, 11) is -4.40. The van der Waals surface area contributed by atoms with Gasteiger partial charge in [-0.15, -0.1) is 0 Å². The van der Waals surface area contributed by atoms with Crippen molar-refractivity contribution in [1.82, 2.24) is 0 Å². The molecule has 1 amide bonds. The molecule has 0 aromatic heterocycles. The van der Waals surface area contributed by atoms with E-state index < -0.39 is 43.1 Å². The fourth-order valence-electron chi connectivity index (χ4n) is 3.89. The Morgan fingerprint density at radius 3 is 2.10 bits per heavy atom. The highest BCUT2D eigenvalue weighted by molar-refractivity contribution is 7.93.